The van der Waals surface area contributed by atoms with Crippen LogP contribution in [0.1, 0.15) is 0 Å². The summed E-state index contributed by atoms with van der Waals surface area (Å²) >= 11 is 2.01. The quantitative estimate of drug-likeness (QED) is 0.581. The summed E-state index contributed by atoms with van der Waals surface area (Å²) in [5, 5.41) is 9.69. The lowest BCUT2D eigenvalue weighted by Gasteiger charge is -2.32. The monoisotopic (exact) mass is 314 g/mol. The summed E-state index contributed by atoms with van der Waals surface area (Å²) in [5.74, 6) is 0.0839. The van der Waals surface area contributed by atoms with Gasteiger partial charge in [0.15, 0.2) is 0 Å². The molecule has 1 saturated heterocycles. The zero-order chi connectivity index (χ0) is 10.6. The van der Waals surface area contributed by atoms with Gasteiger partial charge in [0.2, 0.25) is 5.91 Å². The predicted molar refractivity (Wildman–Crippen MR) is 56.1 cm³/mol. The van der Waals surface area contributed by atoms with Crippen LogP contribution in [0.4, 0.5) is 4.79 Å². The minimum atomic E-state index is -1.31. The highest BCUT2D eigenvalue weighted by Gasteiger charge is 2.22. The molecule has 0 bridgehead atoms. The number of piperazine rings is 1. The Morgan fingerprint density at radius 2 is 1.86 bits per heavy atom. The van der Waals surface area contributed by atoms with Gasteiger partial charge in [-0.15, -0.1) is 5.06 Å². The number of hydrogen-bond donors (Lipinski definition) is 1. The van der Waals surface area contributed by atoms with Gasteiger partial charge in [-0.25, -0.2) is 4.79 Å². The molecule has 1 N–H and O–H groups in total. The lowest BCUT2D eigenvalue weighted by molar-refractivity contribution is -0.151. The number of nitrogens with zero attached hydrogens (tertiary/aromatic N) is 2. The largest absolute Gasteiger partial charge is 0.525 e. The van der Waals surface area contributed by atoms with E-state index in [1.807, 2.05) is 22.6 Å². The van der Waals surface area contributed by atoms with Gasteiger partial charge in [0.1, 0.15) is 0 Å². The van der Waals surface area contributed by atoms with Crippen LogP contribution in [-0.4, -0.2) is 57.7 Å². The Labute approximate surface area is 94.9 Å². The van der Waals surface area contributed by atoms with E-state index in [2.05, 4.69) is 4.84 Å². The summed E-state index contributed by atoms with van der Waals surface area (Å²) in [6, 6.07) is 0. The Morgan fingerprint density at radius 3 is 2.29 bits per heavy atom. The zero-order valence-electron chi connectivity index (χ0n) is 7.48. The van der Waals surface area contributed by atoms with Crippen molar-refractivity contribution >= 4 is 34.7 Å². The zero-order valence-corrected chi connectivity index (χ0v) is 9.64. The van der Waals surface area contributed by atoms with Crippen molar-refractivity contribution in [2.45, 2.75) is 0 Å². The van der Waals surface area contributed by atoms with Crippen LogP contribution in [0.3, 0.4) is 0 Å². The topological polar surface area (TPSA) is 70.1 Å². The van der Waals surface area contributed by atoms with Crippen molar-refractivity contribution in [3.8, 4) is 0 Å². The standard InChI is InChI=1S/C7H11IN2O4/c8-5-6(11)9-1-3-10(4-2-9)14-7(12)13/h1-5H2,(H,12,13). The molecule has 0 atom stereocenters. The number of hydrogen-bond acceptors (Lipinski definition) is 4. The smallest absolute Gasteiger partial charge is 0.448 e. The van der Waals surface area contributed by atoms with E-state index in [1.165, 1.54) is 5.06 Å². The van der Waals surface area contributed by atoms with Crippen molar-refractivity contribution in [2.75, 3.05) is 30.6 Å². The first-order valence-electron chi connectivity index (χ1n) is 4.13. The number of hydroxylamine groups is 2. The molecule has 0 aromatic heterocycles. The van der Waals surface area contributed by atoms with E-state index in [1.54, 1.807) is 4.90 Å². The average Bonchev–Trinajstić information content (AvgIpc) is 2.17. The lowest BCUT2D eigenvalue weighted by Crippen LogP contribution is -2.49. The van der Waals surface area contributed by atoms with E-state index in [4.69, 9.17) is 5.11 Å². The van der Waals surface area contributed by atoms with Crippen molar-refractivity contribution in [1.82, 2.24) is 9.96 Å². The molecule has 1 aliphatic rings. The molecule has 0 saturated carbocycles. The minimum absolute atomic E-state index is 0.0839. The molecule has 0 aliphatic carbocycles. The van der Waals surface area contributed by atoms with Gasteiger partial charge in [-0.1, -0.05) is 22.6 Å². The van der Waals surface area contributed by atoms with E-state index in [-0.39, 0.29) is 5.91 Å². The van der Waals surface area contributed by atoms with Crippen LogP contribution < -0.4 is 0 Å². The Hall–Kier alpha value is -0.570. The molecule has 80 valence electrons. The Kier molecular flexibility index (Phi) is 4.39. The molecule has 1 fully saturated rings. The van der Waals surface area contributed by atoms with Gasteiger partial charge in [-0.2, -0.15) is 0 Å². The first kappa shape index (κ1) is 11.5. The van der Waals surface area contributed by atoms with Crippen LogP contribution in [0, 0.1) is 0 Å². The number of alkyl halides is 1. The van der Waals surface area contributed by atoms with Crippen LogP contribution in [0.5, 0.6) is 0 Å². The maximum Gasteiger partial charge on any atom is 0.525 e. The molecule has 1 amide bonds. The van der Waals surface area contributed by atoms with Gasteiger partial charge in [-0.05, 0) is 0 Å². The van der Waals surface area contributed by atoms with Crippen molar-refractivity contribution in [3.63, 3.8) is 0 Å². The number of carbonyl (C=O) groups excluding carboxylic acids is 1. The Balaban J connectivity index is 2.31. The number of amides is 1. The molecule has 0 radical (unpaired) electrons. The summed E-state index contributed by atoms with van der Waals surface area (Å²) < 4.78 is 0.456. The van der Waals surface area contributed by atoms with E-state index in [0.29, 0.717) is 30.6 Å². The highest BCUT2D eigenvalue weighted by molar-refractivity contribution is 14.1. The van der Waals surface area contributed by atoms with Crippen molar-refractivity contribution < 1.29 is 19.5 Å². The number of carbonyl (C=O) groups is 2. The fraction of sp³-hybridized carbons (Fsp3) is 0.714. The highest BCUT2D eigenvalue weighted by Crippen LogP contribution is 2.04. The summed E-state index contributed by atoms with van der Waals surface area (Å²) in [4.78, 5) is 27.6. The molecule has 0 spiro atoms. The fourth-order valence-corrected chi connectivity index (χ4v) is 1.71. The third-order valence-electron chi connectivity index (χ3n) is 1.91. The molecule has 1 aliphatic heterocycles. The van der Waals surface area contributed by atoms with Gasteiger partial charge < -0.3 is 14.8 Å². The Morgan fingerprint density at radius 1 is 1.29 bits per heavy atom. The SMILES string of the molecule is O=C(O)ON1CCN(C(=O)CI)CC1. The normalized spacial score (nSPS) is 17.9. The molecular weight excluding hydrogens is 303 g/mol. The highest BCUT2D eigenvalue weighted by atomic mass is 127. The molecular formula is C7H11IN2O4. The van der Waals surface area contributed by atoms with Crippen LogP contribution in [0.25, 0.3) is 0 Å². The third-order valence-corrected chi connectivity index (χ3v) is 2.57. The number of carboxylic acid groups (broad SMARTS) is 1. The second-order valence-electron chi connectivity index (χ2n) is 2.80. The van der Waals surface area contributed by atoms with Gasteiger partial charge in [0.05, 0.1) is 17.5 Å². The number of rotatable bonds is 2. The van der Waals surface area contributed by atoms with E-state index in [9.17, 15) is 9.59 Å². The van der Waals surface area contributed by atoms with E-state index >= 15 is 0 Å². The van der Waals surface area contributed by atoms with E-state index in [0.717, 1.165) is 0 Å². The maximum absolute atomic E-state index is 11.2. The molecule has 6 nitrogen and oxygen atoms in total. The van der Waals surface area contributed by atoms with Crippen LogP contribution in [0.15, 0.2) is 0 Å². The molecule has 14 heavy (non-hydrogen) atoms. The first-order chi connectivity index (χ1) is 6.63. The van der Waals surface area contributed by atoms with Crippen LogP contribution in [-0.2, 0) is 9.63 Å². The summed E-state index contributed by atoms with van der Waals surface area (Å²) in [6.07, 6.45) is -1.31. The maximum atomic E-state index is 11.2. The molecule has 0 aromatic rings. The van der Waals surface area contributed by atoms with Crippen LogP contribution >= 0.6 is 22.6 Å². The van der Waals surface area contributed by atoms with Gasteiger partial charge in [-0.3, -0.25) is 4.79 Å². The molecule has 0 aromatic carbocycles. The fourth-order valence-electron chi connectivity index (χ4n) is 1.22. The second-order valence-corrected chi connectivity index (χ2v) is 3.56. The molecule has 1 heterocycles. The first-order valence-corrected chi connectivity index (χ1v) is 5.65. The van der Waals surface area contributed by atoms with E-state index < -0.39 is 6.16 Å². The van der Waals surface area contributed by atoms with Gasteiger partial charge >= 0.3 is 6.16 Å². The van der Waals surface area contributed by atoms with Crippen molar-refractivity contribution in [3.05, 3.63) is 0 Å². The minimum Gasteiger partial charge on any atom is -0.448 e. The Bertz CT molecular complexity index is 228. The molecule has 0 unspecified atom stereocenters. The summed E-state index contributed by atoms with van der Waals surface area (Å²) in [6.45, 7) is 1.92. The summed E-state index contributed by atoms with van der Waals surface area (Å²) in [5.41, 5.74) is 0. The third kappa shape index (κ3) is 3.29. The molecule has 7 heteroatoms. The van der Waals surface area contributed by atoms with Gasteiger partial charge in [0.25, 0.3) is 0 Å². The van der Waals surface area contributed by atoms with Crippen LogP contribution in [0.2, 0.25) is 0 Å². The molecule has 1 rings (SSSR count). The van der Waals surface area contributed by atoms with Crippen molar-refractivity contribution in [1.29, 1.82) is 0 Å². The average molecular weight is 314 g/mol. The van der Waals surface area contributed by atoms with Gasteiger partial charge in [0, 0.05) is 13.1 Å². The second kappa shape index (κ2) is 5.35. The lowest BCUT2D eigenvalue weighted by atomic mass is 10.3. The van der Waals surface area contributed by atoms with Crippen molar-refractivity contribution in [2.24, 2.45) is 0 Å². The summed E-state index contributed by atoms with van der Waals surface area (Å²) in [7, 11) is 0. The number of halogens is 1. The predicted octanol–water partition coefficient (Wildman–Crippen LogP) is 0.175.